The van der Waals surface area contributed by atoms with E-state index in [9.17, 15) is 0 Å². The van der Waals surface area contributed by atoms with E-state index in [4.69, 9.17) is 0 Å². The van der Waals surface area contributed by atoms with Crippen molar-refractivity contribution >= 4 is 43.6 Å². The second-order valence-corrected chi connectivity index (χ2v) is 5.81. The number of rotatable bonds is 2. The zero-order valence-corrected chi connectivity index (χ0v) is 12.3. The molecule has 0 N–H and O–H groups in total. The highest BCUT2D eigenvalue weighted by molar-refractivity contribution is 9.11. The van der Waals surface area contributed by atoms with Crippen molar-refractivity contribution in [2.24, 2.45) is 0 Å². The number of hydrogen-bond donors (Lipinski definition) is 0. The molecule has 2 rings (SSSR count). The molecule has 3 nitrogen and oxygen atoms in total. The van der Waals surface area contributed by atoms with Gasteiger partial charge in [-0.15, -0.1) is 0 Å². The monoisotopic (exact) mass is 359 g/mol. The Kier molecular flexibility index (Phi) is 3.94. The molecule has 0 aromatic carbocycles. The normalized spacial score (nSPS) is 10.4. The predicted octanol–water partition coefficient (Wildman–Crippen LogP) is 3.86. The lowest BCUT2D eigenvalue weighted by Crippen LogP contribution is -1.88. The molecule has 0 fully saturated rings. The zero-order chi connectivity index (χ0) is 11.5. The fourth-order valence-corrected chi connectivity index (χ4v) is 2.87. The van der Waals surface area contributed by atoms with Crippen molar-refractivity contribution in [3.8, 4) is 0 Å². The minimum Gasteiger partial charge on any atom is -0.247 e. The molecule has 0 unspecified atom stereocenters. The molecule has 2 heterocycles. The maximum Gasteiger partial charge on any atom is 0.193 e. The molecular formula is C10H7Br2N3S. The number of hydrogen-bond acceptors (Lipinski definition) is 4. The second kappa shape index (κ2) is 5.25. The molecule has 0 aliphatic carbocycles. The minimum absolute atomic E-state index is 0.695. The van der Waals surface area contributed by atoms with Gasteiger partial charge in [-0.25, -0.2) is 15.0 Å². The molecule has 0 aliphatic heterocycles. The lowest BCUT2D eigenvalue weighted by Gasteiger charge is -2.02. The van der Waals surface area contributed by atoms with Crippen molar-refractivity contribution in [2.45, 2.75) is 17.1 Å². The summed E-state index contributed by atoms with van der Waals surface area (Å²) in [6, 6.07) is 1.95. The third kappa shape index (κ3) is 3.02. The van der Waals surface area contributed by atoms with Crippen molar-refractivity contribution in [3.63, 3.8) is 0 Å². The van der Waals surface area contributed by atoms with E-state index in [0.29, 0.717) is 5.16 Å². The Morgan fingerprint density at radius 1 is 1.06 bits per heavy atom. The summed E-state index contributed by atoms with van der Waals surface area (Å²) >= 11 is 8.24. The molecule has 6 heteroatoms. The summed E-state index contributed by atoms with van der Waals surface area (Å²) in [6.45, 7) is 1.96. The summed E-state index contributed by atoms with van der Waals surface area (Å²) < 4.78 is 1.87. The van der Waals surface area contributed by atoms with E-state index in [1.807, 2.05) is 13.0 Å². The summed E-state index contributed by atoms with van der Waals surface area (Å²) in [4.78, 5) is 12.7. The van der Waals surface area contributed by atoms with Crippen molar-refractivity contribution in [1.82, 2.24) is 15.0 Å². The summed E-state index contributed by atoms with van der Waals surface area (Å²) in [5.74, 6) is 0. The van der Waals surface area contributed by atoms with Crippen molar-refractivity contribution < 1.29 is 0 Å². The Bertz CT molecular complexity index is 502. The fraction of sp³-hybridized carbons (Fsp3) is 0.100. The third-order valence-electron chi connectivity index (χ3n) is 1.72. The highest BCUT2D eigenvalue weighted by atomic mass is 79.9. The van der Waals surface area contributed by atoms with Crippen LogP contribution in [0.4, 0.5) is 0 Å². The first-order chi connectivity index (χ1) is 7.65. The Hall–Kier alpha value is -0.460. The van der Waals surface area contributed by atoms with Gasteiger partial charge in [-0.1, -0.05) is 0 Å². The van der Waals surface area contributed by atoms with Gasteiger partial charge in [-0.2, -0.15) is 0 Å². The van der Waals surface area contributed by atoms with Crippen LogP contribution >= 0.6 is 43.6 Å². The average Bonchev–Trinajstić information content (AvgIpc) is 2.25. The number of aryl methyl sites for hydroxylation is 1. The van der Waals surface area contributed by atoms with Gasteiger partial charge in [-0.05, 0) is 62.2 Å². The van der Waals surface area contributed by atoms with Crippen LogP contribution in [0.5, 0.6) is 0 Å². The zero-order valence-electron chi connectivity index (χ0n) is 8.32. The van der Waals surface area contributed by atoms with Gasteiger partial charge in [0.1, 0.15) is 5.03 Å². The topological polar surface area (TPSA) is 38.7 Å². The van der Waals surface area contributed by atoms with Gasteiger partial charge < -0.3 is 0 Å². The van der Waals surface area contributed by atoms with Crippen LogP contribution in [0.1, 0.15) is 5.56 Å². The van der Waals surface area contributed by atoms with Gasteiger partial charge in [-0.3, -0.25) is 0 Å². The molecule has 2 aromatic heterocycles. The Morgan fingerprint density at radius 3 is 2.38 bits per heavy atom. The number of halogens is 2. The molecule has 0 saturated heterocycles. The van der Waals surface area contributed by atoms with Crippen molar-refractivity contribution in [2.75, 3.05) is 0 Å². The average molecular weight is 361 g/mol. The van der Waals surface area contributed by atoms with Crippen molar-refractivity contribution in [1.29, 1.82) is 0 Å². The highest BCUT2D eigenvalue weighted by Gasteiger charge is 2.06. The van der Waals surface area contributed by atoms with Crippen LogP contribution in [0.3, 0.4) is 0 Å². The second-order valence-electron chi connectivity index (χ2n) is 3.09. The molecule has 0 saturated carbocycles. The molecule has 0 bridgehead atoms. The molecule has 0 aliphatic rings. The molecule has 0 spiro atoms. The first-order valence-electron chi connectivity index (χ1n) is 4.43. The van der Waals surface area contributed by atoms with Crippen LogP contribution < -0.4 is 0 Å². The molecule has 82 valence electrons. The lowest BCUT2D eigenvalue weighted by molar-refractivity contribution is 0.943. The van der Waals surface area contributed by atoms with Crippen LogP contribution in [0.15, 0.2) is 43.8 Å². The smallest absolute Gasteiger partial charge is 0.193 e. The SMILES string of the molecule is Cc1cnc(Sc2ncc(Br)cc2Br)nc1. The maximum atomic E-state index is 4.28. The Labute approximate surface area is 114 Å². The van der Waals surface area contributed by atoms with Crippen LogP contribution in [0.25, 0.3) is 0 Å². The summed E-state index contributed by atoms with van der Waals surface area (Å²) in [5.41, 5.74) is 1.05. The molecule has 16 heavy (non-hydrogen) atoms. The molecule has 0 amide bonds. The van der Waals surface area contributed by atoms with Gasteiger partial charge in [0, 0.05) is 23.1 Å². The highest BCUT2D eigenvalue weighted by Crippen LogP contribution is 2.30. The van der Waals surface area contributed by atoms with E-state index in [-0.39, 0.29) is 0 Å². The molecule has 0 atom stereocenters. The van der Waals surface area contributed by atoms with Gasteiger partial charge in [0.15, 0.2) is 5.16 Å². The largest absolute Gasteiger partial charge is 0.247 e. The summed E-state index contributed by atoms with van der Waals surface area (Å²) in [6.07, 6.45) is 5.34. The minimum atomic E-state index is 0.695. The van der Waals surface area contributed by atoms with E-state index in [2.05, 4.69) is 46.8 Å². The third-order valence-corrected chi connectivity index (χ3v) is 3.93. The summed E-state index contributed by atoms with van der Waals surface area (Å²) in [5, 5.41) is 1.55. The van der Waals surface area contributed by atoms with E-state index >= 15 is 0 Å². The van der Waals surface area contributed by atoms with Crippen LogP contribution in [-0.2, 0) is 0 Å². The first kappa shape index (κ1) is 12.0. The molecular weight excluding hydrogens is 354 g/mol. The van der Waals surface area contributed by atoms with Gasteiger partial charge >= 0.3 is 0 Å². The number of nitrogens with zero attached hydrogens (tertiary/aromatic N) is 3. The summed E-state index contributed by atoms with van der Waals surface area (Å²) in [7, 11) is 0. The van der Waals surface area contributed by atoms with E-state index < -0.39 is 0 Å². The molecule has 2 aromatic rings. The standard InChI is InChI=1S/C10H7Br2N3S/c1-6-3-14-10(15-4-6)16-9-8(12)2-7(11)5-13-9/h2-5H,1H3. The van der Waals surface area contributed by atoms with Gasteiger partial charge in [0.2, 0.25) is 0 Å². The molecule has 0 radical (unpaired) electrons. The van der Waals surface area contributed by atoms with Crippen LogP contribution in [0, 0.1) is 6.92 Å². The number of pyridine rings is 1. The maximum absolute atomic E-state index is 4.28. The van der Waals surface area contributed by atoms with Crippen molar-refractivity contribution in [3.05, 3.63) is 39.2 Å². The predicted molar refractivity (Wildman–Crippen MR) is 70.5 cm³/mol. The van der Waals surface area contributed by atoms with E-state index in [0.717, 1.165) is 19.5 Å². The van der Waals surface area contributed by atoms with E-state index in [1.54, 1.807) is 18.6 Å². The fourth-order valence-electron chi connectivity index (χ4n) is 0.997. The van der Waals surface area contributed by atoms with E-state index in [1.165, 1.54) is 11.8 Å². The Morgan fingerprint density at radius 2 is 1.75 bits per heavy atom. The quantitative estimate of drug-likeness (QED) is 0.762. The van der Waals surface area contributed by atoms with Crippen LogP contribution in [0.2, 0.25) is 0 Å². The number of aromatic nitrogens is 3. The Balaban J connectivity index is 2.23. The lowest BCUT2D eigenvalue weighted by atomic mass is 10.4. The van der Waals surface area contributed by atoms with Gasteiger partial charge in [0.05, 0.1) is 4.47 Å². The van der Waals surface area contributed by atoms with Crippen LogP contribution in [-0.4, -0.2) is 15.0 Å². The van der Waals surface area contributed by atoms with Gasteiger partial charge in [0.25, 0.3) is 0 Å². The first-order valence-corrected chi connectivity index (χ1v) is 6.83.